The molecule has 4 atom stereocenters. The van der Waals surface area contributed by atoms with E-state index in [2.05, 4.69) is 35.0 Å². The van der Waals surface area contributed by atoms with Gasteiger partial charge in [-0.15, -0.1) is 11.8 Å². The lowest BCUT2D eigenvalue weighted by Crippen LogP contribution is -2.28. The van der Waals surface area contributed by atoms with E-state index in [1.165, 1.54) is 5.56 Å². The summed E-state index contributed by atoms with van der Waals surface area (Å²) >= 11 is 5.20. The predicted octanol–water partition coefficient (Wildman–Crippen LogP) is 3.73. The standard InChI is InChI=1S/C14H22BrNOS/c1-4-13(16)14(18-10(3)9(2)17)11-5-7-12(15)8-6-11/h5-10,13-14,17H,4,16H2,1-3H3. The van der Waals surface area contributed by atoms with Crippen molar-refractivity contribution in [2.24, 2.45) is 5.73 Å². The highest BCUT2D eigenvalue weighted by atomic mass is 79.9. The number of rotatable bonds is 6. The van der Waals surface area contributed by atoms with Gasteiger partial charge in [-0.1, -0.05) is 41.9 Å². The van der Waals surface area contributed by atoms with Crippen LogP contribution in [0, 0.1) is 0 Å². The maximum atomic E-state index is 9.65. The molecule has 0 heterocycles. The second-order valence-corrected chi connectivity index (χ2v) is 7.07. The van der Waals surface area contributed by atoms with Crippen LogP contribution in [0.5, 0.6) is 0 Å². The number of thioether (sulfide) groups is 1. The first-order chi connectivity index (χ1) is 8.45. The summed E-state index contributed by atoms with van der Waals surface area (Å²) in [6.45, 7) is 5.97. The fraction of sp³-hybridized carbons (Fsp3) is 0.571. The molecule has 0 aromatic heterocycles. The minimum atomic E-state index is -0.322. The average molecular weight is 332 g/mol. The molecule has 0 saturated carbocycles. The molecule has 4 heteroatoms. The van der Waals surface area contributed by atoms with Gasteiger partial charge in [0.15, 0.2) is 0 Å². The lowest BCUT2D eigenvalue weighted by atomic mass is 10.0. The van der Waals surface area contributed by atoms with Crippen LogP contribution in [0.2, 0.25) is 0 Å². The summed E-state index contributed by atoms with van der Waals surface area (Å²) in [5.74, 6) is 0. The van der Waals surface area contributed by atoms with E-state index in [-0.39, 0.29) is 22.6 Å². The van der Waals surface area contributed by atoms with Crippen molar-refractivity contribution in [3.05, 3.63) is 34.3 Å². The van der Waals surface area contributed by atoms with Crippen molar-refractivity contribution in [2.75, 3.05) is 0 Å². The van der Waals surface area contributed by atoms with Gasteiger partial charge < -0.3 is 10.8 Å². The summed E-state index contributed by atoms with van der Waals surface area (Å²) in [5, 5.41) is 10.1. The quantitative estimate of drug-likeness (QED) is 0.834. The van der Waals surface area contributed by atoms with E-state index in [1.54, 1.807) is 11.8 Å². The Labute approximate surface area is 122 Å². The van der Waals surface area contributed by atoms with Gasteiger partial charge >= 0.3 is 0 Å². The highest BCUT2D eigenvalue weighted by Gasteiger charge is 2.23. The second kappa shape index (κ2) is 7.53. The van der Waals surface area contributed by atoms with Crippen LogP contribution >= 0.6 is 27.7 Å². The Morgan fingerprint density at radius 2 is 1.83 bits per heavy atom. The summed E-state index contributed by atoms with van der Waals surface area (Å²) in [7, 11) is 0. The number of benzene rings is 1. The molecule has 0 amide bonds. The minimum Gasteiger partial charge on any atom is -0.392 e. The van der Waals surface area contributed by atoms with Gasteiger partial charge in [0.05, 0.1) is 6.10 Å². The number of halogens is 1. The molecule has 1 aromatic rings. The van der Waals surface area contributed by atoms with E-state index in [9.17, 15) is 5.11 Å². The molecule has 0 fully saturated rings. The summed E-state index contributed by atoms with van der Waals surface area (Å²) in [4.78, 5) is 0. The molecule has 2 nitrogen and oxygen atoms in total. The van der Waals surface area contributed by atoms with E-state index in [0.717, 1.165) is 10.9 Å². The molecular formula is C14H22BrNOS. The third kappa shape index (κ3) is 4.57. The molecule has 0 radical (unpaired) electrons. The summed E-state index contributed by atoms with van der Waals surface area (Å²) in [5.41, 5.74) is 7.45. The summed E-state index contributed by atoms with van der Waals surface area (Å²) in [6.07, 6.45) is 0.609. The smallest absolute Gasteiger partial charge is 0.0628 e. The van der Waals surface area contributed by atoms with Gasteiger partial charge in [0, 0.05) is 21.0 Å². The van der Waals surface area contributed by atoms with Crippen molar-refractivity contribution < 1.29 is 5.11 Å². The number of aliphatic hydroxyl groups is 1. The van der Waals surface area contributed by atoms with Gasteiger partial charge in [0.1, 0.15) is 0 Å². The average Bonchev–Trinajstić information content (AvgIpc) is 2.35. The van der Waals surface area contributed by atoms with Gasteiger partial charge in [-0.2, -0.15) is 0 Å². The van der Waals surface area contributed by atoms with Crippen molar-refractivity contribution in [2.45, 2.75) is 49.8 Å². The molecule has 0 aliphatic heterocycles. The lowest BCUT2D eigenvalue weighted by molar-refractivity contribution is 0.196. The maximum Gasteiger partial charge on any atom is 0.0628 e. The normalized spacial score (nSPS) is 18.1. The third-order valence-electron chi connectivity index (χ3n) is 3.10. The van der Waals surface area contributed by atoms with Crippen molar-refractivity contribution in [1.82, 2.24) is 0 Å². The molecule has 102 valence electrons. The van der Waals surface area contributed by atoms with Crippen LogP contribution in [-0.4, -0.2) is 22.5 Å². The van der Waals surface area contributed by atoms with Crippen LogP contribution in [0.3, 0.4) is 0 Å². The van der Waals surface area contributed by atoms with E-state index >= 15 is 0 Å². The molecule has 0 saturated heterocycles. The monoisotopic (exact) mass is 331 g/mol. The van der Waals surface area contributed by atoms with Crippen LogP contribution in [0.4, 0.5) is 0 Å². The van der Waals surface area contributed by atoms with Crippen LogP contribution in [0.25, 0.3) is 0 Å². The van der Waals surface area contributed by atoms with Gasteiger partial charge in [-0.3, -0.25) is 0 Å². The van der Waals surface area contributed by atoms with E-state index in [1.807, 2.05) is 26.0 Å². The molecule has 1 aromatic carbocycles. The zero-order valence-corrected chi connectivity index (χ0v) is 13.5. The Bertz CT molecular complexity index is 355. The Balaban J connectivity index is 2.87. The molecule has 0 spiro atoms. The van der Waals surface area contributed by atoms with E-state index < -0.39 is 0 Å². The van der Waals surface area contributed by atoms with Gasteiger partial charge in [0.25, 0.3) is 0 Å². The zero-order valence-electron chi connectivity index (χ0n) is 11.1. The predicted molar refractivity (Wildman–Crippen MR) is 83.9 cm³/mol. The Hall–Kier alpha value is -0.0300. The molecule has 18 heavy (non-hydrogen) atoms. The van der Waals surface area contributed by atoms with Crippen molar-refractivity contribution in [3.63, 3.8) is 0 Å². The molecule has 3 N–H and O–H groups in total. The number of hydrogen-bond donors (Lipinski definition) is 2. The van der Waals surface area contributed by atoms with Crippen molar-refractivity contribution >= 4 is 27.7 Å². The van der Waals surface area contributed by atoms with Crippen molar-refractivity contribution in [3.8, 4) is 0 Å². The highest BCUT2D eigenvalue weighted by molar-refractivity contribution is 9.10. The zero-order chi connectivity index (χ0) is 13.7. The topological polar surface area (TPSA) is 46.2 Å². The summed E-state index contributed by atoms with van der Waals surface area (Å²) in [6, 6.07) is 8.40. The van der Waals surface area contributed by atoms with Crippen LogP contribution in [0.1, 0.15) is 38.0 Å². The molecule has 4 unspecified atom stereocenters. The van der Waals surface area contributed by atoms with Crippen LogP contribution in [0.15, 0.2) is 28.7 Å². The number of aliphatic hydroxyl groups excluding tert-OH is 1. The van der Waals surface area contributed by atoms with Crippen LogP contribution in [-0.2, 0) is 0 Å². The Morgan fingerprint density at radius 1 is 1.28 bits per heavy atom. The van der Waals surface area contributed by atoms with Gasteiger partial charge in [-0.05, 0) is 31.0 Å². The van der Waals surface area contributed by atoms with Crippen LogP contribution < -0.4 is 5.73 Å². The minimum absolute atomic E-state index is 0.109. The molecule has 0 aliphatic rings. The lowest BCUT2D eigenvalue weighted by Gasteiger charge is -2.27. The fourth-order valence-electron chi connectivity index (χ4n) is 1.64. The van der Waals surface area contributed by atoms with E-state index in [0.29, 0.717) is 0 Å². The first-order valence-electron chi connectivity index (χ1n) is 6.30. The van der Waals surface area contributed by atoms with Crippen molar-refractivity contribution in [1.29, 1.82) is 0 Å². The number of hydrogen-bond acceptors (Lipinski definition) is 3. The first-order valence-corrected chi connectivity index (χ1v) is 8.03. The maximum absolute atomic E-state index is 9.65. The fourth-order valence-corrected chi connectivity index (χ4v) is 3.30. The third-order valence-corrected chi connectivity index (χ3v) is 5.37. The highest BCUT2D eigenvalue weighted by Crippen LogP contribution is 2.37. The first kappa shape index (κ1) is 16.0. The van der Waals surface area contributed by atoms with Gasteiger partial charge in [-0.25, -0.2) is 0 Å². The summed E-state index contributed by atoms with van der Waals surface area (Å²) < 4.78 is 1.07. The molecule has 0 aliphatic carbocycles. The largest absolute Gasteiger partial charge is 0.392 e. The Kier molecular flexibility index (Phi) is 6.71. The molecule has 0 bridgehead atoms. The SMILES string of the molecule is CCC(N)C(SC(C)C(C)O)c1ccc(Br)cc1. The van der Waals surface area contributed by atoms with E-state index in [4.69, 9.17) is 5.73 Å². The molecular weight excluding hydrogens is 310 g/mol. The number of nitrogens with two attached hydrogens (primary N) is 1. The second-order valence-electron chi connectivity index (χ2n) is 4.63. The molecule has 1 rings (SSSR count). The Morgan fingerprint density at radius 3 is 2.28 bits per heavy atom. The van der Waals surface area contributed by atoms with Gasteiger partial charge in [0.2, 0.25) is 0 Å².